The largest absolute Gasteiger partial charge is 0.351 e. The summed E-state index contributed by atoms with van der Waals surface area (Å²) in [4.78, 5) is 12.1. The van der Waals surface area contributed by atoms with Crippen molar-refractivity contribution >= 4 is 5.91 Å². The summed E-state index contributed by atoms with van der Waals surface area (Å²) in [7, 11) is 0. The van der Waals surface area contributed by atoms with Crippen molar-refractivity contribution in [1.82, 2.24) is 5.32 Å². The van der Waals surface area contributed by atoms with Crippen LogP contribution >= 0.6 is 0 Å². The lowest BCUT2D eigenvalue weighted by Gasteiger charge is -2.26. The maximum absolute atomic E-state index is 12.8. The molecule has 2 aromatic rings. The first kappa shape index (κ1) is 16.2. The maximum Gasteiger partial charge on any atom is 0.220 e. The Hall–Kier alpha value is -2.16. The number of carbonyl (C=O) groups excluding carboxylic acids is 1. The second-order valence-electron chi connectivity index (χ2n) is 6.22. The van der Waals surface area contributed by atoms with Crippen molar-refractivity contribution < 1.29 is 9.18 Å². The van der Waals surface area contributed by atoms with Gasteiger partial charge in [-0.15, -0.1) is 0 Å². The summed E-state index contributed by atoms with van der Waals surface area (Å²) in [6.45, 7) is 4.05. The van der Waals surface area contributed by atoms with Gasteiger partial charge in [0.1, 0.15) is 5.82 Å². The van der Waals surface area contributed by atoms with Crippen LogP contribution < -0.4 is 5.32 Å². The van der Waals surface area contributed by atoms with Gasteiger partial charge in [-0.05, 0) is 49.9 Å². The Labute approximate surface area is 131 Å². The van der Waals surface area contributed by atoms with Crippen LogP contribution in [0.1, 0.15) is 31.4 Å². The van der Waals surface area contributed by atoms with Crippen LogP contribution in [0.25, 0.3) is 0 Å². The molecule has 0 atom stereocenters. The van der Waals surface area contributed by atoms with E-state index in [0.717, 1.165) is 12.0 Å². The first-order valence-electron chi connectivity index (χ1n) is 7.54. The first-order valence-corrected chi connectivity index (χ1v) is 7.54. The Bertz CT molecular complexity index is 605. The molecule has 0 aromatic heterocycles. The van der Waals surface area contributed by atoms with Crippen molar-refractivity contribution in [2.75, 3.05) is 0 Å². The molecule has 1 N–H and O–H groups in total. The molecule has 0 aliphatic heterocycles. The van der Waals surface area contributed by atoms with Crippen molar-refractivity contribution in [3.8, 4) is 0 Å². The van der Waals surface area contributed by atoms with E-state index in [-0.39, 0.29) is 17.3 Å². The van der Waals surface area contributed by atoms with Crippen LogP contribution in [-0.4, -0.2) is 11.4 Å². The van der Waals surface area contributed by atoms with E-state index in [1.54, 1.807) is 12.1 Å². The highest BCUT2D eigenvalue weighted by molar-refractivity contribution is 5.77. The van der Waals surface area contributed by atoms with E-state index >= 15 is 0 Å². The van der Waals surface area contributed by atoms with Gasteiger partial charge in [0.15, 0.2) is 0 Å². The standard InChI is InChI=1S/C19H22FNO/c1-19(2,14-16-6-4-3-5-7-16)21-18(22)13-10-15-8-11-17(20)12-9-15/h3-9,11-12H,10,13-14H2,1-2H3,(H,21,22). The monoisotopic (exact) mass is 299 g/mol. The number of aryl methyl sites for hydroxylation is 1. The second kappa shape index (κ2) is 7.21. The molecule has 1 amide bonds. The Balaban J connectivity index is 1.83. The molecule has 0 aliphatic carbocycles. The highest BCUT2D eigenvalue weighted by Gasteiger charge is 2.20. The maximum atomic E-state index is 12.8. The predicted molar refractivity (Wildman–Crippen MR) is 87.1 cm³/mol. The van der Waals surface area contributed by atoms with Gasteiger partial charge in [-0.25, -0.2) is 4.39 Å². The Kier molecular flexibility index (Phi) is 5.31. The molecule has 0 unspecified atom stereocenters. The number of nitrogens with one attached hydrogen (secondary N) is 1. The van der Waals surface area contributed by atoms with Crippen LogP contribution in [0.4, 0.5) is 4.39 Å². The zero-order valence-corrected chi connectivity index (χ0v) is 13.1. The van der Waals surface area contributed by atoms with Gasteiger partial charge in [0.2, 0.25) is 5.91 Å². The van der Waals surface area contributed by atoms with E-state index in [1.165, 1.54) is 17.7 Å². The molecule has 2 rings (SSSR count). The van der Waals surface area contributed by atoms with Crippen LogP contribution in [0.15, 0.2) is 54.6 Å². The molecule has 0 saturated carbocycles. The van der Waals surface area contributed by atoms with Crippen LogP contribution in [0.5, 0.6) is 0 Å². The van der Waals surface area contributed by atoms with Gasteiger partial charge >= 0.3 is 0 Å². The molecular formula is C19H22FNO. The molecule has 22 heavy (non-hydrogen) atoms. The molecule has 0 spiro atoms. The molecule has 2 nitrogen and oxygen atoms in total. The van der Waals surface area contributed by atoms with Crippen LogP contribution in [0.2, 0.25) is 0 Å². The molecule has 0 heterocycles. The number of benzene rings is 2. The lowest BCUT2D eigenvalue weighted by molar-refractivity contribution is -0.122. The molecule has 0 radical (unpaired) electrons. The van der Waals surface area contributed by atoms with E-state index in [4.69, 9.17) is 0 Å². The van der Waals surface area contributed by atoms with Crippen LogP contribution in [0, 0.1) is 5.82 Å². The van der Waals surface area contributed by atoms with Crippen LogP contribution in [0.3, 0.4) is 0 Å². The number of amides is 1. The van der Waals surface area contributed by atoms with Crippen molar-refractivity contribution in [2.45, 2.75) is 38.6 Å². The molecule has 2 aromatic carbocycles. The minimum Gasteiger partial charge on any atom is -0.351 e. The number of hydrogen-bond acceptors (Lipinski definition) is 1. The third-order valence-corrected chi connectivity index (χ3v) is 3.52. The predicted octanol–water partition coefficient (Wildman–Crippen LogP) is 3.90. The molecule has 0 bridgehead atoms. The van der Waals surface area contributed by atoms with E-state index in [2.05, 4.69) is 17.4 Å². The molecule has 116 valence electrons. The lowest BCUT2D eigenvalue weighted by atomic mass is 9.94. The summed E-state index contributed by atoms with van der Waals surface area (Å²) in [5.74, 6) is -0.234. The average Bonchev–Trinajstić information content (AvgIpc) is 2.46. The number of rotatable bonds is 6. The summed E-state index contributed by atoms with van der Waals surface area (Å²) in [5.41, 5.74) is 1.88. The molecule has 0 saturated heterocycles. The van der Waals surface area contributed by atoms with Crippen molar-refractivity contribution in [3.63, 3.8) is 0 Å². The molecule has 0 fully saturated rings. The summed E-state index contributed by atoms with van der Waals surface area (Å²) >= 11 is 0. The van der Waals surface area contributed by atoms with Crippen LogP contribution in [-0.2, 0) is 17.6 Å². The summed E-state index contributed by atoms with van der Waals surface area (Å²) in [6.07, 6.45) is 1.81. The van der Waals surface area contributed by atoms with E-state index in [1.807, 2.05) is 32.0 Å². The minimum atomic E-state index is -0.290. The van der Waals surface area contributed by atoms with Crippen molar-refractivity contribution in [2.24, 2.45) is 0 Å². The fourth-order valence-corrected chi connectivity index (χ4v) is 2.50. The lowest BCUT2D eigenvalue weighted by Crippen LogP contribution is -2.45. The zero-order chi connectivity index (χ0) is 16.0. The SMILES string of the molecule is CC(C)(Cc1ccccc1)NC(=O)CCc1ccc(F)cc1. The van der Waals surface area contributed by atoms with Crippen molar-refractivity contribution in [1.29, 1.82) is 0 Å². The Morgan fingerprint density at radius 1 is 1.00 bits per heavy atom. The van der Waals surface area contributed by atoms with Gasteiger partial charge in [0.05, 0.1) is 0 Å². The number of hydrogen-bond donors (Lipinski definition) is 1. The second-order valence-corrected chi connectivity index (χ2v) is 6.22. The number of carbonyl (C=O) groups is 1. The fourth-order valence-electron chi connectivity index (χ4n) is 2.50. The smallest absolute Gasteiger partial charge is 0.220 e. The van der Waals surface area contributed by atoms with Crippen molar-refractivity contribution in [3.05, 3.63) is 71.5 Å². The molecule has 0 aliphatic rings. The van der Waals surface area contributed by atoms with Gasteiger partial charge in [-0.1, -0.05) is 42.5 Å². The minimum absolute atomic E-state index is 0.0188. The third kappa shape index (κ3) is 5.32. The third-order valence-electron chi connectivity index (χ3n) is 3.52. The number of halogens is 1. The van der Waals surface area contributed by atoms with Gasteiger partial charge < -0.3 is 5.32 Å². The quantitative estimate of drug-likeness (QED) is 0.861. The van der Waals surface area contributed by atoms with Gasteiger partial charge in [0, 0.05) is 12.0 Å². The van der Waals surface area contributed by atoms with E-state index in [9.17, 15) is 9.18 Å². The van der Waals surface area contributed by atoms with E-state index in [0.29, 0.717) is 12.8 Å². The fraction of sp³-hybridized carbons (Fsp3) is 0.316. The summed E-state index contributed by atoms with van der Waals surface area (Å²) < 4.78 is 12.8. The summed E-state index contributed by atoms with van der Waals surface area (Å²) in [6, 6.07) is 16.4. The van der Waals surface area contributed by atoms with Gasteiger partial charge in [-0.2, -0.15) is 0 Å². The molecular weight excluding hydrogens is 277 g/mol. The van der Waals surface area contributed by atoms with E-state index < -0.39 is 0 Å². The van der Waals surface area contributed by atoms with Gasteiger partial charge in [0.25, 0.3) is 0 Å². The Morgan fingerprint density at radius 3 is 2.27 bits per heavy atom. The molecule has 3 heteroatoms. The zero-order valence-electron chi connectivity index (χ0n) is 13.1. The highest BCUT2D eigenvalue weighted by Crippen LogP contribution is 2.13. The average molecular weight is 299 g/mol. The topological polar surface area (TPSA) is 29.1 Å². The normalized spacial score (nSPS) is 11.2. The highest BCUT2D eigenvalue weighted by atomic mass is 19.1. The summed E-state index contributed by atoms with van der Waals surface area (Å²) in [5, 5.41) is 3.07. The van der Waals surface area contributed by atoms with Gasteiger partial charge in [-0.3, -0.25) is 4.79 Å². The Morgan fingerprint density at radius 2 is 1.64 bits per heavy atom. The first-order chi connectivity index (χ1) is 10.4.